The third-order valence-corrected chi connectivity index (χ3v) is 2.20. The highest BCUT2D eigenvalue weighted by Gasteiger charge is 2.32. The van der Waals surface area contributed by atoms with E-state index < -0.39 is 23.6 Å². The number of aliphatic hydroxyl groups is 1. The molecule has 0 aliphatic carbocycles. The van der Waals surface area contributed by atoms with E-state index >= 15 is 0 Å². The number of nitrogens with zero attached hydrogens (tertiary/aromatic N) is 1. The van der Waals surface area contributed by atoms with Gasteiger partial charge in [-0.15, -0.1) is 0 Å². The van der Waals surface area contributed by atoms with Crippen LogP contribution in [0.4, 0.5) is 0 Å². The zero-order valence-corrected chi connectivity index (χ0v) is 13.9. The zero-order valence-electron chi connectivity index (χ0n) is 13.9. The fraction of sp³-hybridized carbons (Fsp3) is 0.600. The SMILES string of the molecule is CC(=O)NC(=O)C1=C(C)NC(C#CC(C)(C)O)N1O.CCC. The van der Waals surface area contributed by atoms with Crippen LogP contribution in [0.3, 0.4) is 0 Å². The van der Waals surface area contributed by atoms with Crippen molar-refractivity contribution >= 4 is 11.8 Å². The van der Waals surface area contributed by atoms with Gasteiger partial charge in [0, 0.05) is 12.6 Å². The van der Waals surface area contributed by atoms with Gasteiger partial charge in [-0.1, -0.05) is 32.1 Å². The van der Waals surface area contributed by atoms with E-state index in [1.165, 1.54) is 27.2 Å². The molecule has 0 aromatic rings. The maximum atomic E-state index is 11.7. The molecular weight excluding hydrogens is 286 g/mol. The minimum absolute atomic E-state index is 0.0785. The molecule has 124 valence electrons. The van der Waals surface area contributed by atoms with Crippen LogP contribution in [0.1, 0.15) is 48.0 Å². The number of nitrogens with one attached hydrogen (secondary N) is 2. The molecule has 0 bridgehead atoms. The minimum atomic E-state index is -1.21. The number of carbonyl (C=O) groups is 2. The molecule has 1 aliphatic heterocycles. The van der Waals surface area contributed by atoms with Gasteiger partial charge in [0.2, 0.25) is 5.91 Å². The molecule has 0 saturated heterocycles. The summed E-state index contributed by atoms with van der Waals surface area (Å²) in [5.41, 5.74) is -0.901. The smallest absolute Gasteiger partial charge is 0.278 e. The standard InChI is InChI=1S/C12H17N3O4.C3H8/c1-7-10(11(17)14-8(2)16)15(19)9(13-7)5-6-12(3,4)18;1-3-2/h9,13,18-19H,1-4H3,(H,14,16,17);3H2,1-2H3. The number of hydroxylamine groups is 2. The summed E-state index contributed by atoms with van der Waals surface area (Å²) in [6.45, 7) is 10.0. The Bertz CT molecular complexity index is 509. The molecule has 22 heavy (non-hydrogen) atoms. The maximum Gasteiger partial charge on any atom is 0.278 e. The molecule has 0 aromatic carbocycles. The lowest BCUT2D eigenvalue weighted by Gasteiger charge is -2.17. The van der Waals surface area contributed by atoms with Crippen molar-refractivity contribution in [3.8, 4) is 11.8 Å². The van der Waals surface area contributed by atoms with Crippen LogP contribution in [0.2, 0.25) is 0 Å². The van der Waals surface area contributed by atoms with Crippen LogP contribution in [-0.4, -0.2) is 39.0 Å². The van der Waals surface area contributed by atoms with Crippen LogP contribution >= 0.6 is 0 Å². The summed E-state index contributed by atoms with van der Waals surface area (Å²) in [6.07, 6.45) is 0.402. The lowest BCUT2D eigenvalue weighted by atomic mass is 10.1. The van der Waals surface area contributed by atoms with Gasteiger partial charge >= 0.3 is 0 Å². The molecule has 7 heteroatoms. The molecule has 0 fully saturated rings. The summed E-state index contributed by atoms with van der Waals surface area (Å²) in [4.78, 5) is 22.5. The van der Waals surface area contributed by atoms with Gasteiger partial charge in [-0.05, 0) is 20.8 Å². The summed E-state index contributed by atoms with van der Waals surface area (Å²) in [5, 5.41) is 24.8. The number of hydrogen-bond acceptors (Lipinski definition) is 6. The molecule has 7 nitrogen and oxygen atoms in total. The molecule has 0 radical (unpaired) electrons. The minimum Gasteiger partial charge on any atom is -0.378 e. The van der Waals surface area contributed by atoms with E-state index in [9.17, 15) is 19.9 Å². The summed E-state index contributed by atoms with van der Waals surface area (Å²) in [7, 11) is 0. The Balaban J connectivity index is 0.00000135. The van der Waals surface area contributed by atoms with Crippen molar-refractivity contribution < 1.29 is 19.9 Å². The van der Waals surface area contributed by atoms with Crippen LogP contribution < -0.4 is 10.6 Å². The van der Waals surface area contributed by atoms with Crippen molar-refractivity contribution in [2.45, 2.75) is 59.7 Å². The average Bonchev–Trinajstić information content (AvgIpc) is 2.61. The summed E-state index contributed by atoms with van der Waals surface area (Å²) in [5.74, 6) is 3.89. The number of imide groups is 1. The van der Waals surface area contributed by atoms with Gasteiger partial charge in [0.05, 0.1) is 0 Å². The predicted molar refractivity (Wildman–Crippen MR) is 82.1 cm³/mol. The second kappa shape index (κ2) is 8.41. The van der Waals surface area contributed by atoms with Gasteiger partial charge in [-0.2, -0.15) is 0 Å². The van der Waals surface area contributed by atoms with Crippen molar-refractivity contribution in [1.82, 2.24) is 15.7 Å². The van der Waals surface area contributed by atoms with E-state index in [2.05, 4.69) is 36.3 Å². The van der Waals surface area contributed by atoms with Gasteiger partial charge in [0.25, 0.3) is 5.91 Å². The van der Waals surface area contributed by atoms with Crippen molar-refractivity contribution in [1.29, 1.82) is 0 Å². The number of carbonyl (C=O) groups excluding carboxylic acids is 2. The van der Waals surface area contributed by atoms with E-state index in [0.29, 0.717) is 10.8 Å². The summed E-state index contributed by atoms with van der Waals surface area (Å²) < 4.78 is 0. The number of hydrogen-bond donors (Lipinski definition) is 4. The Kier molecular flexibility index (Phi) is 7.63. The summed E-state index contributed by atoms with van der Waals surface area (Å²) in [6, 6.07) is 0. The van der Waals surface area contributed by atoms with Crippen molar-refractivity contribution in [2.75, 3.05) is 0 Å². The Morgan fingerprint density at radius 2 is 1.91 bits per heavy atom. The lowest BCUT2D eigenvalue weighted by Crippen LogP contribution is -2.39. The van der Waals surface area contributed by atoms with Crippen LogP contribution in [0, 0.1) is 11.8 Å². The fourth-order valence-electron chi connectivity index (χ4n) is 1.47. The maximum absolute atomic E-state index is 11.7. The molecule has 4 N–H and O–H groups in total. The van der Waals surface area contributed by atoms with E-state index in [1.54, 1.807) is 6.92 Å². The number of rotatable bonds is 1. The predicted octanol–water partition coefficient (Wildman–Crippen LogP) is 0.692. The molecule has 0 spiro atoms. The normalized spacial score (nSPS) is 16.9. The van der Waals surface area contributed by atoms with Gasteiger partial charge < -0.3 is 10.4 Å². The van der Waals surface area contributed by atoms with Gasteiger partial charge in [0.1, 0.15) is 5.60 Å². The first-order chi connectivity index (χ1) is 10.0. The zero-order chi connectivity index (χ0) is 17.5. The van der Waals surface area contributed by atoms with Crippen LogP contribution in [0.15, 0.2) is 11.4 Å². The molecule has 0 saturated carbocycles. The molecule has 1 rings (SSSR count). The van der Waals surface area contributed by atoms with Crippen molar-refractivity contribution in [2.24, 2.45) is 0 Å². The van der Waals surface area contributed by atoms with Gasteiger partial charge in [0.15, 0.2) is 11.9 Å². The first-order valence-electron chi connectivity index (χ1n) is 7.06. The van der Waals surface area contributed by atoms with E-state index in [4.69, 9.17) is 0 Å². The quantitative estimate of drug-likeness (QED) is 0.532. The third kappa shape index (κ3) is 6.61. The number of allylic oxidation sites excluding steroid dienone is 1. The van der Waals surface area contributed by atoms with Gasteiger partial charge in [-0.25, -0.2) is 5.06 Å². The molecule has 0 aromatic heterocycles. The van der Waals surface area contributed by atoms with E-state index in [-0.39, 0.29) is 5.70 Å². The largest absolute Gasteiger partial charge is 0.378 e. The second-order valence-electron chi connectivity index (χ2n) is 5.41. The van der Waals surface area contributed by atoms with Crippen molar-refractivity contribution in [3.05, 3.63) is 11.4 Å². The van der Waals surface area contributed by atoms with Gasteiger partial charge in [-0.3, -0.25) is 20.1 Å². The van der Waals surface area contributed by atoms with E-state index in [0.717, 1.165) is 0 Å². The first-order valence-corrected chi connectivity index (χ1v) is 7.06. The topological polar surface area (TPSA) is 102 Å². The Hall–Kier alpha value is -2.04. The Labute approximate surface area is 131 Å². The lowest BCUT2D eigenvalue weighted by molar-refractivity contribution is -0.133. The van der Waals surface area contributed by atoms with E-state index in [1.807, 2.05) is 0 Å². The molecule has 1 heterocycles. The molecule has 1 unspecified atom stereocenters. The highest BCUT2D eigenvalue weighted by Crippen LogP contribution is 2.17. The first kappa shape index (κ1) is 20.0. The summed E-state index contributed by atoms with van der Waals surface area (Å²) >= 11 is 0. The second-order valence-corrected chi connectivity index (χ2v) is 5.41. The average molecular weight is 311 g/mol. The molecule has 1 aliphatic rings. The Morgan fingerprint density at radius 1 is 1.41 bits per heavy atom. The van der Waals surface area contributed by atoms with Crippen molar-refractivity contribution in [3.63, 3.8) is 0 Å². The molecule has 1 atom stereocenters. The monoisotopic (exact) mass is 311 g/mol. The Morgan fingerprint density at radius 3 is 2.32 bits per heavy atom. The molecule has 2 amide bonds. The van der Waals surface area contributed by atoms with Crippen LogP contribution in [0.5, 0.6) is 0 Å². The highest BCUT2D eigenvalue weighted by molar-refractivity contribution is 6.03. The third-order valence-electron chi connectivity index (χ3n) is 2.20. The number of amides is 2. The van der Waals surface area contributed by atoms with Crippen LogP contribution in [0.25, 0.3) is 0 Å². The fourth-order valence-corrected chi connectivity index (χ4v) is 1.47. The highest BCUT2D eigenvalue weighted by atomic mass is 16.5. The molecular formula is C15H25N3O4. The van der Waals surface area contributed by atoms with Crippen LogP contribution in [-0.2, 0) is 9.59 Å².